The van der Waals surface area contributed by atoms with Gasteiger partial charge in [-0.05, 0) is 24.5 Å². The van der Waals surface area contributed by atoms with Crippen molar-refractivity contribution in [3.63, 3.8) is 0 Å². The third-order valence-corrected chi connectivity index (χ3v) is 2.77. The van der Waals surface area contributed by atoms with Gasteiger partial charge in [-0.2, -0.15) is 5.26 Å². The molecule has 0 spiro atoms. The standard InChI is InChI=1S/C10H8N2S/c1-13-10-6-12-9-3-2-7(5-11)4-8(9)10/h2-4,6,12H,1H3. The predicted octanol–water partition coefficient (Wildman–Crippen LogP) is 2.76. The van der Waals surface area contributed by atoms with Crippen LogP contribution in [0.5, 0.6) is 0 Å². The Morgan fingerprint density at radius 1 is 1.46 bits per heavy atom. The molecule has 0 bridgehead atoms. The van der Waals surface area contributed by atoms with Crippen LogP contribution in [0.4, 0.5) is 0 Å². The number of aromatic nitrogens is 1. The minimum absolute atomic E-state index is 0.711. The van der Waals surface area contributed by atoms with Crippen molar-refractivity contribution in [3.8, 4) is 6.07 Å². The SMILES string of the molecule is CSc1c[nH]c2ccc(C#N)cc12. The Morgan fingerprint density at radius 2 is 2.31 bits per heavy atom. The van der Waals surface area contributed by atoms with E-state index in [-0.39, 0.29) is 0 Å². The molecular weight excluding hydrogens is 180 g/mol. The van der Waals surface area contributed by atoms with Crippen LogP contribution < -0.4 is 0 Å². The van der Waals surface area contributed by atoms with E-state index in [9.17, 15) is 0 Å². The second kappa shape index (κ2) is 3.15. The van der Waals surface area contributed by atoms with Crippen molar-refractivity contribution >= 4 is 22.7 Å². The first-order valence-corrected chi connectivity index (χ1v) is 5.13. The molecule has 1 aromatic carbocycles. The Morgan fingerprint density at radius 3 is 3.00 bits per heavy atom. The van der Waals surface area contributed by atoms with Gasteiger partial charge in [-0.25, -0.2) is 0 Å². The maximum Gasteiger partial charge on any atom is 0.0991 e. The van der Waals surface area contributed by atoms with Gasteiger partial charge in [0, 0.05) is 22.0 Å². The van der Waals surface area contributed by atoms with Crippen LogP contribution in [0.1, 0.15) is 5.56 Å². The molecule has 13 heavy (non-hydrogen) atoms. The summed E-state index contributed by atoms with van der Waals surface area (Å²) < 4.78 is 0. The van der Waals surface area contributed by atoms with E-state index < -0.39 is 0 Å². The number of nitriles is 1. The van der Waals surface area contributed by atoms with E-state index in [0.717, 1.165) is 10.9 Å². The quantitative estimate of drug-likeness (QED) is 0.699. The monoisotopic (exact) mass is 188 g/mol. The fraction of sp³-hybridized carbons (Fsp3) is 0.100. The first kappa shape index (κ1) is 8.21. The number of fused-ring (bicyclic) bond motifs is 1. The molecule has 0 saturated heterocycles. The predicted molar refractivity (Wildman–Crippen MR) is 54.8 cm³/mol. The van der Waals surface area contributed by atoms with E-state index >= 15 is 0 Å². The molecule has 64 valence electrons. The third-order valence-electron chi connectivity index (χ3n) is 1.99. The molecule has 0 saturated carbocycles. The second-order valence-electron chi connectivity index (χ2n) is 2.73. The minimum Gasteiger partial charge on any atom is -0.360 e. The van der Waals surface area contributed by atoms with Crippen molar-refractivity contribution in [1.82, 2.24) is 4.98 Å². The molecule has 0 atom stereocenters. The summed E-state index contributed by atoms with van der Waals surface area (Å²) in [4.78, 5) is 4.35. The Kier molecular flexibility index (Phi) is 1.99. The number of rotatable bonds is 1. The van der Waals surface area contributed by atoms with Crippen LogP contribution in [0.25, 0.3) is 10.9 Å². The smallest absolute Gasteiger partial charge is 0.0991 e. The van der Waals surface area contributed by atoms with Gasteiger partial charge in [-0.3, -0.25) is 0 Å². The highest BCUT2D eigenvalue weighted by Crippen LogP contribution is 2.26. The number of aromatic amines is 1. The highest BCUT2D eigenvalue weighted by Gasteiger charge is 2.02. The van der Waals surface area contributed by atoms with E-state index in [0.29, 0.717) is 5.56 Å². The summed E-state index contributed by atoms with van der Waals surface area (Å²) in [5.41, 5.74) is 1.80. The van der Waals surface area contributed by atoms with Crippen molar-refractivity contribution in [2.45, 2.75) is 4.90 Å². The summed E-state index contributed by atoms with van der Waals surface area (Å²) in [5, 5.41) is 9.86. The van der Waals surface area contributed by atoms with Crippen molar-refractivity contribution < 1.29 is 0 Å². The Labute approximate surface area is 80.6 Å². The molecule has 0 fully saturated rings. The van der Waals surface area contributed by atoms with Gasteiger partial charge < -0.3 is 4.98 Å². The Bertz CT molecular complexity index is 479. The molecule has 0 aliphatic rings. The first-order chi connectivity index (χ1) is 6.35. The van der Waals surface area contributed by atoms with E-state index in [4.69, 9.17) is 5.26 Å². The molecule has 0 radical (unpaired) electrons. The normalized spacial score (nSPS) is 10.2. The van der Waals surface area contributed by atoms with Gasteiger partial charge in [0.2, 0.25) is 0 Å². The van der Waals surface area contributed by atoms with Crippen LogP contribution in [0.3, 0.4) is 0 Å². The van der Waals surface area contributed by atoms with Crippen LogP contribution >= 0.6 is 11.8 Å². The number of hydrogen-bond donors (Lipinski definition) is 1. The molecule has 1 heterocycles. The molecule has 0 aliphatic carbocycles. The van der Waals surface area contributed by atoms with Crippen LogP contribution in [0, 0.1) is 11.3 Å². The van der Waals surface area contributed by atoms with Crippen molar-refractivity contribution in [3.05, 3.63) is 30.0 Å². The number of nitrogens with zero attached hydrogens (tertiary/aromatic N) is 1. The van der Waals surface area contributed by atoms with Gasteiger partial charge in [-0.1, -0.05) is 0 Å². The van der Waals surface area contributed by atoms with Crippen molar-refractivity contribution in [2.24, 2.45) is 0 Å². The largest absolute Gasteiger partial charge is 0.360 e. The summed E-state index contributed by atoms with van der Waals surface area (Å²) >= 11 is 1.68. The molecular formula is C10H8N2S. The molecule has 2 rings (SSSR count). The van der Waals surface area contributed by atoms with Crippen molar-refractivity contribution in [1.29, 1.82) is 5.26 Å². The molecule has 2 aromatic rings. The van der Waals surface area contributed by atoms with Gasteiger partial charge >= 0.3 is 0 Å². The Hall–Kier alpha value is -1.40. The number of nitrogens with one attached hydrogen (secondary N) is 1. The van der Waals surface area contributed by atoms with Gasteiger partial charge in [0.1, 0.15) is 0 Å². The summed E-state index contributed by atoms with van der Waals surface area (Å²) in [5.74, 6) is 0. The zero-order valence-electron chi connectivity index (χ0n) is 7.16. The van der Waals surface area contributed by atoms with Gasteiger partial charge in [0.25, 0.3) is 0 Å². The Balaban J connectivity index is 2.73. The first-order valence-electron chi connectivity index (χ1n) is 3.90. The molecule has 1 N–H and O–H groups in total. The lowest BCUT2D eigenvalue weighted by Gasteiger charge is -1.93. The minimum atomic E-state index is 0.711. The highest BCUT2D eigenvalue weighted by atomic mass is 32.2. The molecule has 3 heteroatoms. The average Bonchev–Trinajstić information content (AvgIpc) is 2.59. The van der Waals surface area contributed by atoms with E-state index in [2.05, 4.69) is 11.1 Å². The van der Waals surface area contributed by atoms with Gasteiger partial charge in [0.05, 0.1) is 11.6 Å². The number of benzene rings is 1. The molecule has 0 unspecified atom stereocenters. The highest BCUT2D eigenvalue weighted by molar-refractivity contribution is 7.98. The van der Waals surface area contributed by atoms with Crippen LogP contribution in [-0.4, -0.2) is 11.2 Å². The lowest BCUT2D eigenvalue weighted by atomic mass is 10.2. The maximum absolute atomic E-state index is 8.73. The molecule has 2 nitrogen and oxygen atoms in total. The zero-order chi connectivity index (χ0) is 9.26. The maximum atomic E-state index is 8.73. The van der Waals surface area contributed by atoms with Crippen LogP contribution in [-0.2, 0) is 0 Å². The average molecular weight is 188 g/mol. The topological polar surface area (TPSA) is 39.6 Å². The lowest BCUT2D eigenvalue weighted by Crippen LogP contribution is -1.73. The molecule has 1 aromatic heterocycles. The summed E-state index contributed by atoms with van der Waals surface area (Å²) in [6.45, 7) is 0. The fourth-order valence-corrected chi connectivity index (χ4v) is 1.90. The van der Waals surface area contributed by atoms with Gasteiger partial charge in [0.15, 0.2) is 0 Å². The summed E-state index contributed by atoms with van der Waals surface area (Å²) in [6.07, 6.45) is 4.00. The molecule has 0 aliphatic heterocycles. The van der Waals surface area contributed by atoms with Gasteiger partial charge in [-0.15, -0.1) is 11.8 Å². The second-order valence-corrected chi connectivity index (χ2v) is 3.58. The van der Waals surface area contributed by atoms with Crippen LogP contribution in [0.15, 0.2) is 29.3 Å². The number of H-pyrrole nitrogens is 1. The van der Waals surface area contributed by atoms with Crippen molar-refractivity contribution in [2.75, 3.05) is 6.26 Å². The molecule has 0 amide bonds. The third kappa shape index (κ3) is 1.30. The van der Waals surface area contributed by atoms with E-state index in [1.807, 2.05) is 30.7 Å². The zero-order valence-corrected chi connectivity index (χ0v) is 7.98. The summed E-state index contributed by atoms with van der Waals surface area (Å²) in [6, 6.07) is 7.81. The lowest BCUT2D eigenvalue weighted by molar-refractivity contribution is 1.42. The number of thioether (sulfide) groups is 1. The van der Waals surface area contributed by atoms with Crippen LogP contribution in [0.2, 0.25) is 0 Å². The van der Waals surface area contributed by atoms with E-state index in [1.54, 1.807) is 11.8 Å². The number of hydrogen-bond acceptors (Lipinski definition) is 2. The van der Waals surface area contributed by atoms with E-state index in [1.165, 1.54) is 4.90 Å². The summed E-state index contributed by atoms with van der Waals surface area (Å²) in [7, 11) is 0. The fourth-order valence-electron chi connectivity index (χ4n) is 1.33.